The van der Waals surface area contributed by atoms with Crippen molar-refractivity contribution in [3.8, 4) is 0 Å². The standard InChI is InChI=1S/C15H15NOS/c1-12-7-9-13(10-8-12)11-17-15(18)16-14-5-3-2-4-6-14/h2-10H,11H2,1H3,(H,16,18). The van der Waals surface area contributed by atoms with E-state index in [0.29, 0.717) is 11.8 Å². The summed E-state index contributed by atoms with van der Waals surface area (Å²) in [6.45, 7) is 2.55. The van der Waals surface area contributed by atoms with E-state index in [4.69, 9.17) is 17.0 Å². The summed E-state index contributed by atoms with van der Waals surface area (Å²) < 4.78 is 5.49. The van der Waals surface area contributed by atoms with E-state index in [0.717, 1.165) is 11.3 Å². The highest BCUT2D eigenvalue weighted by atomic mass is 32.1. The number of aryl methyl sites for hydroxylation is 1. The minimum Gasteiger partial charge on any atom is -0.466 e. The van der Waals surface area contributed by atoms with Gasteiger partial charge in [-0.2, -0.15) is 0 Å². The summed E-state index contributed by atoms with van der Waals surface area (Å²) in [5.74, 6) is 0. The molecule has 0 unspecified atom stereocenters. The van der Waals surface area contributed by atoms with Gasteiger partial charge in [-0.25, -0.2) is 0 Å². The number of nitrogens with one attached hydrogen (secondary N) is 1. The van der Waals surface area contributed by atoms with Crippen LogP contribution in [0.15, 0.2) is 54.6 Å². The summed E-state index contributed by atoms with van der Waals surface area (Å²) in [6, 6.07) is 18.0. The van der Waals surface area contributed by atoms with Gasteiger partial charge in [0.25, 0.3) is 5.17 Å². The van der Waals surface area contributed by atoms with Crippen LogP contribution in [0, 0.1) is 6.92 Å². The lowest BCUT2D eigenvalue weighted by atomic mass is 10.2. The van der Waals surface area contributed by atoms with Crippen molar-refractivity contribution in [1.82, 2.24) is 0 Å². The van der Waals surface area contributed by atoms with Gasteiger partial charge in [-0.15, -0.1) is 0 Å². The highest BCUT2D eigenvalue weighted by Gasteiger charge is 1.99. The van der Waals surface area contributed by atoms with Crippen LogP contribution in [-0.4, -0.2) is 5.17 Å². The monoisotopic (exact) mass is 257 g/mol. The first-order chi connectivity index (χ1) is 8.74. The van der Waals surface area contributed by atoms with Crippen LogP contribution < -0.4 is 5.32 Å². The topological polar surface area (TPSA) is 21.3 Å². The van der Waals surface area contributed by atoms with Crippen molar-refractivity contribution in [2.45, 2.75) is 13.5 Å². The number of hydrogen-bond donors (Lipinski definition) is 1. The Morgan fingerprint density at radius 3 is 2.39 bits per heavy atom. The lowest BCUT2D eigenvalue weighted by Crippen LogP contribution is -2.12. The predicted molar refractivity (Wildman–Crippen MR) is 78.6 cm³/mol. The van der Waals surface area contributed by atoms with Crippen molar-refractivity contribution in [2.75, 3.05) is 5.32 Å². The van der Waals surface area contributed by atoms with E-state index in [1.54, 1.807) is 0 Å². The molecule has 18 heavy (non-hydrogen) atoms. The first-order valence-corrected chi connectivity index (χ1v) is 6.19. The van der Waals surface area contributed by atoms with Crippen LogP contribution in [0.25, 0.3) is 0 Å². The Balaban J connectivity index is 1.83. The van der Waals surface area contributed by atoms with Gasteiger partial charge in [0.2, 0.25) is 0 Å². The van der Waals surface area contributed by atoms with Gasteiger partial charge >= 0.3 is 0 Å². The van der Waals surface area contributed by atoms with Gasteiger partial charge in [-0.3, -0.25) is 0 Å². The second kappa shape index (κ2) is 6.17. The fraction of sp³-hybridized carbons (Fsp3) is 0.133. The second-order valence-electron chi connectivity index (χ2n) is 4.05. The quantitative estimate of drug-likeness (QED) is 0.842. The van der Waals surface area contributed by atoms with Crippen molar-refractivity contribution in [3.05, 3.63) is 65.7 Å². The third-order valence-electron chi connectivity index (χ3n) is 2.51. The van der Waals surface area contributed by atoms with Gasteiger partial charge < -0.3 is 10.1 Å². The molecular weight excluding hydrogens is 242 g/mol. The molecule has 0 heterocycles. The van der Waals surface area contributed by atoms with Crippen molar-refractivity contribution >= 4 is 23.1 Å². The van der Waals surface area contributed by atoms with Crippen LogP contribution in [0.4, 0.5) is 5.69 Å². The van der Waals surface area contributed by atoms with Gasteiger partial charge in [0.15, 0.2) is 0 Å². The van der Waals surface area contributed by atoms with Gasteiger partial charge in [0.05, 0.1) is 0 Å². The Morgan fingerprint density at radius 1 is 1.06 bits per heavy atom. The summed E-state index contributed by atoms with van der Waals surface area (Å²) in [7, 11) is 0. The number of ether oxygens (including phenoxy) is 1. The summed E-state index contributed by atoms with van der Waals surface area (Å²) >= 11 is 5.13. The van der Waals surface area contributed by atoms with Gasteiger partial charge in [0, 0.05) is 5.69 Å². The largest absolute Gasteiger partial charge is 0.466 e. The molecule has 2 aromatic carbocycles. The van der Waals surface area contributed by atoms with E-state index in [-0.39, 0.29) is 0 Å². The van der Waals surface area contributed by atoms with Crippen LogP contribution in [0.1, 0.15) is 11.1 Å². The Hall–Kier alpha value is -1.87. The third-order valence-corrected chi connectivity index (χ3v) is 2.73. The average molecular weight is 257 g/mol. The molecule has 2 nitrogen and oxygen atoms in total. The minimum absolute atomic E-state index is 0.391. The fourth-order valence-electron chi connectivity index (χ4n) is 1.51. The number of anilines is 1. The molecule has 2 aromatic rings. The van der Waals surface area contributed by atoms with E-state index in [1.807, 2.05) is 42.5 Å². The Kier molecular flexibility index (Phi) is 4.31. The van der Waals surface area contributed by atoms with Gasteiger partial charge in [-0.05, 0) is 36.8 Å². The molecule has 0 aliphatic heterocycles. The van der Waals surface area contributed by atoms with Crippen molar-refractivity contribution in [2.24, 2.45) is 0 Å². The molecule has 0 aliphatic rings. The number of benzene rings is 2. The molecule has 0 bridgehead atoms. The lowest BCUT2D eigenvalue weighted by molar-refractivity contribution is 0.300. The highest BCUT2D eigenvalue weighted by molar-refractivity contribution is 7.80. The van der Waals surface area contributed by atoms with Crippen LogP contribution in [0.3, 0.4) is 0 Å². The molecule has 92 valence electrons. The van der Waals surface area contributed by atoms with Crippen molar-refractivity contribution in [3.63, 3.8) is 0 Å². The third kappa shape index (κ3) is 3.86. The summed E-state index contributed by atoms with van der Waals surface area (Å²) in [5, 5.41) is 3.42. The molecule has 0 saturated heterocycles. The zero-order valence-electron chi connectivity index (χ0n) is 10.2. The first-order valence-electron chi connectivity index (χ1n) is 5.78. The predicted octanol–water partition coefficient (Wildman–Crippen LogP) is 3.91. The maximum Gasteiger partial charge on any atom is 0.261 e. The van der Waals surface area contributed by atoms with E-state index >= 15 is 0 Å². The van der Waals surface area contributed by atoms with E-state index in [9.17, 15) is 0 Å². The molecule has 0 aromatic heterocycles. The van der Waals surface area contributed by atoms with Crippen molar-refractivity contribution in [1.29, 1.82) is 0 Å². The maximum atomic E-state index is 5.49. The van der Waals surface area contributed by atoms with Gasteiger partial charge in [-0.1, -0.05) is 48.0 Å². The number of para-hydroxylation sites is 1. The van der Waals surface area contributed by atoms with Crippen LogP contribution in [0.2, 0.25) is 0 Å². The van der Waals surface area contributed by atoms with Crippen LogP contribution in [-0.2, 0) is 11.3 Å². The molecular formula is C15H15NOS. The zero-order valence-corrected chi connectivity index (χ0v) is 11.0. The van der Waals surface area contributed by atoms with Crippen molar-refractivity contribution < 1.29 is 4.74 Å². The SMILES string of the molecule is Cc1ccc(COC(=S)Nc2ccccc2)cc1. The summed E-state index contributed by atoms with van der Waals surface area (Å²) in [4.78, 5) is 0. The minimum atomic E-state index is 0.391. The molecule has 2 rings (SSSR count). The molecule has 0 spiro atoms. The molecule has 0 amide bonds. The lowest BCUT2D eigenvalue weighted by Gasteiger charge is -2.09. The smallest absolute Gasteiger partial charge is 0.261 e. The molecule has 0 atom stereocenters. The number of thiocarbonyl (C=S) groups is 1. The molecule has 1 N–H and O–H groups in total. The Morgan fingerprint density at radius 2 is 1.72 bits per heavy atom. The zero-order chi connectivity index (χ0) is 12.8. The van der Waals surface area contributed by atoms with E-state index < -0.39 is 0 Å². The summed E-state index contributed by atoms with van der Waals surface area (Å²) in [5.41, 5.74) is 3.29. The Bertz CT molecular complexity index is 508. The van der Waals surface area contributed by atoms with Crippen LogP contribution >= 0.6 is 12.2 Å². The molecule has 0 fully saturated rings. The average Bonchev–Trinajstić information content (AvgIpc) is 2.39. The molecule has 0 saturated carbocycles. The number of rotatable bonds is 3. The highest BCUT2D eigenvalue weighted by Crippen LogP contribution is 2.08. The van der Waals surface area contributed by atoms with E-state index in [1.165, 1.54) is 5.56 Å². The molecule has 0 aliphatic carbocycles. The summed E-state index contributed by atoms with van der Waals surface area (Å²) in [6.07, 6.45) is 0. The maximum absolute atomic E-state index is 5.49. The first kappa shape index (κ1) is 12.6. The van der Waals surface area contributed by atoms with Crippen LogP contribution in [0.5, 0.6) is 0 Å². The Labute approximate surface area is 113 Å². The molecule has 0 radical (unpaired) electrons. The molecule has 3 heteroatoms. The van der Waals surface area contributed by atoms with E-state index in [2.05, 4.69) is 24.4 Å². The number of hydrogen-bond acceptors (Lipinski definition) is 2. The van der Waals surface area contributed by atoms with Gasteiger partial charge in [0.1, 0.15) is 6.61 Å². The fourth-order valence-corrected chi connectivity index (χ4v) is 1.69. The second-order valence-corrected chi connectivity index (χ2v) is 4.42. The normalized spacial score (nSPS) is 9.83.